The number of nitrogens with two attached hydrogens (primary N) is 1. The van der Waals surface area contributed by atoms with Gasteiger partial charge in [-0.15, -0.1) is 0 Å². The summed E-state index contributed by atoms with van der Waals surface area (Å²) in [5, 5.41) is 30.8. The van der Waals surface area contributed by atoms with Crippen LogP contribution in [0.3, 0.4) is 0 Å². The third kappa shape index (κ3) is 6.31. The number of benzene rings is 1. The third-order valence-corrected chi connectivity index (χ3v) is 4.95. The van der Waals surface area contributed by atoms with Gasteiger partial charge in [-0.2, -0.15) is 0 Å². The molecule has 0 radical (unpaired) electrons. The summed E-state index contributed by atoms with van der Waals surface area (Å²) < 4.78 is 0. The Bertz CT molecular complexity index is 899. The number of aliphatic hydroxyl groups excluding tert-OH is 1. The van der Waals surface area contributed by atoms with Crippen molar-refractivity contribution in [1.29, 1.82) is 0 Å². The molecule has 2 amide bonds. The van der Waals surface area contributed by atoms with Crippen molar-refractivity contribution >= 4 is 11.8 Å². The third-order valence-electron chi connectivity index (χ3n) is 4.95. The van der Waals surface area contributed by atoms with Gasteiger partial charge in [0.25, 0.3) is 11.8 Å². The average Bonchev–Trinajstić information content (AvgIpc) is 3.09. The zero-order valence-corrected chi connectivity index (χ0v) is 17.0. The van der Waals surface area contributed by atoms with Crippen molar-refractivity contribution in [2.45, 2.75) is 50.3 Å². The lowest BCUT2D eigenvalue weighted by Gasteiger charge is -2.29. The lowest BCUT2D eigenvalue weighted by molar-refractivity contribution is -0.132. The predicted molar refractivity (Wildman–Crippen MR) is 110 cm³/mol. The molecule has 8 heteroatoms. The molecule has 0 bridgehead atoms. The van der Waals surface area contributed by atoms with Crippen LogP contribution in [0.1, 0.15) is 49.0 Å². The van der Waals surface area contributed by atoms with E-state index in [-0.39, 0.29) is 12.5 Å². The lowest BCUT2D eigenvalue weighted by Crippen LogP contribution is -2.61. The molecule has 1 aromatic carbocycles. The molecular formula is C22H27N3O5. The average molecular weight is 413 g/mol. The summed E-state index contributed by atoms with van der Waals surface area (Å²) in [6, 6.07) is 5.21. The summed E-state index contributed by atoms with van der Waals surface area (Å²) in [5.74, 6) is 9.67. The maximum absolute atomic E-state index is 12.4. The van der Waals surface area contributed by atoms with Gasteiger partial charge < -0.3 is 21.3 Å². The Morgan fingerprint density at radius 1 is 1.30 bits per heavy atom. The van der Waals surface area contributed by atoms with E-state index in [2.05, 4.69) is 29.0 Å². The number of aliphatic hydroxyl groups is 2. The maximum Gasteiger partial charge on any atom is 0.267 e. The van der Waals surface area contributed by atoms with Crippen molar-refractivity contribution in [1.82, 2.24) is 10.8 Å². The molecule has 7 N–H and O–H groups in total. The number of hydrogen-bond donors (Lipinski definition) is 6. The number of hydroxylamine groups is 1. The van der Waals surface area contributed by atoms with E-state index in [1.165, 1.54) is 5.48 Å². The first-order valence-electron chi connectivity index (χ1n) is 9.58. The highest BCUT2D eigenvalue weighted by Crippen LogP contribution is 2.33. The highest BCUT2D eigenvalue weighted by atomic mass is 16.5. The molecule has 0 spiro atoms. The van der Waals surface area contributed by atoms with Gasteiger partial charge in [0.05, 0.1) is 0 Å². The van der Waals surface area contributed by atoms with E-state index in [1.54, 1.807) is 38.1 Å². The second-order valence-electron chi connectivity index (χ2n) is 8.10. The fourth-order valence-electron chi connectivity index (χ4n) is 3.22. The maximum atomic E-state index is 12.4. The van der Waals surface area contributed by atoms with E-state index in [4.69, 9.17) is 16.0 Å². The summed E-state index contributed by atoms with van der Waals surface area (Å²) in [6.07, 6.45) is 1.70. The Morgan fingerprint density at radius 3 is 2.50 bits per heavy atom. The van der Waals surface area contributed by atoms with Crippen LogP contribution in [0.4, 0.5) is 0 Å². The van der Waals surface area contributed by atoms with E-state index in [1.807, 2.05) is 0 Å². The zero-order valence-electron chi connectivity index (χ0n) is 17.0. The van der Waals surface area contributed by atoms with Gasteiger partial charge in [0.15, 0.2) is 0 Å². The standard InChI is InChI=1S/C22H27N3O5/c1-21(2,23)18(20(28)25-30)24-19(27)17-8-6-15(7-9-17)5-3-4-11-22(29)12-10-16(13-22)14-26/h6-9,16,18,26,29-30H,10,12-14,23H2,1-2H3,(H,24,27)(H,25,28)/t16?,18-,22?/m1/s1. The Labute approximate surface area is 175 Å². The van der Waals surface area contributed by atoms with Gasteiger partial charge in [-0.1, -0.05) is 11.8 Å². The molecule has 30 heavy (non-hydrogen) atoms. The van der Waals surface area contributed by atoms with Gasteiger partial charge in [-0.05, 0) is 75.1 Å². The summed E-state index contributed by atoms with van der Waals surface area (Å²) in [5.41, 5.74) is 6.12. The van der Waals surface area contributed by atoms with Crippen molar-refractivity contribution in [3.8, 4) is 23.7 Å². The van der Waals surface area contributed by atoms with Gasteiger partial charge in [-0.25, -0.2) is 5.48 Å². The van der Waals surface area contributed by atoms with Crippen LogP contribution in [0.15, 0.2) is 24.3 Å². The number of rotatable bonds is 5. The van der Waals surface area contributed by atoms with Crippen molar-refractivity contribution in [3.05, 3.63) is 35.4 Å². The fraction of sp³-hybridized carbons (Fsp3) is 0.455. The molecule has 2 rings (SSSR count). The van der Waals surface area contributed by atoms with Crippen LogP contribution in [0.2, 0.25) is 0 Å². The lowest BCUT2D eigenvalue weighted by atomic mass is 9.95. The SMILES string of the molecule is CC(C)(N)[C@H](NC(=O)c1ccc(C#CC#CC2(O)CCC(CO)C2)cc1)C(=O)NO. The number of amides is 2. The van der Waals surface area contributed by atoms with Crippen LogP contribution >= 0.6 is 0 Å². The molecular weight excluding hydrogens is 386 g/mol. The second-order valence-corrected chi connectivity index (χ2v) is 8.10. The molecule has 0 saturated heterocycles. The molecule has 0 heterocycles. The van der Waals surface area contributed by atoms with Crippen LogP contribution < -0.4 is 16.5 Å². The molecule has 1 fully saturated rings. The van der Waals surface area contributed by atoms with Crippen molar-refractivity contribution in [3.63, 3.8) is 0 Å². The first-order chi connectivity index (χ1) is 14.1. The molecule has 0 aromatic heterocycles. The quantitative estimate of drug-likeness (QED) is 0.226. The van der Waals surface area contributed by atoms with Crippen molar-refractivity contribution in [2.24, 2.45) is 11.7 Å². The molecule has 0 aliphatic heterocycles. The van der Waals surface area contributed by atoms with Crippen molar-refractivity contribution in [2.75, 3.05) is 6.61 Å². The molecule has 1 saturated carbocycles. The Kier molecular flexibility index (Phi) is 7.60. The van der Waals surface area contributed by atoms with E-state index in [0.29, 0.717) is 24.0 Å². The number of carbonyl (C=O) groups is 2. The highest BCUT2D eigenvalue weighted by Gasteiger charge is 2.35. The normalized spacial score (nSPS) is 21.5. The Morgan fingerprint density at radius 2 is 1.97 bits per heavy atom. The van der Waals surface area contributed by atoms with Crippen LogP contribution in [0.5, 0.6) is 0 Å². The Balaban J connectivity index is 2.02. The fourth-order valence-corrected chi connectivity index (χ4v) is 3.22. The van der Waals surface area contributed by atoms with E-state index in [0.717, 1.165) is 6.42 Å². The van der Waals surface area contributed by atoms with Gasteiger partial charge in [-0.3, -0.25) is 14.8 Å². The number of hydrogen-bond acceptors (Lipinski definition) is 6. The molecule has 1 aromatic rings. The summed E-state index contributed by atoms with van der Waals surface area (Å²) in [6.45, 7) is 3.15. The van der Waals surface area contributed by atoms with Crippen LogP contribution in [0.25, 0.3) is 0 Å². The van der Waals surface area contributed by atoms with E-state index in [9.17, 15) is 14.7 Å². The van der Waals surface area contributed by atoms with Crippen LogP contribution in [0, 0.1) is 29.6 Å². The summed E-state index contributed by atoms with van der Waals surface area (Å²) in [4.78, 5) is 24.2. The predicted octanol–water partition coefficient (Wildman–Crippen LogP) is -0.0939. The minimum Gasteiger partial charge on any atom is -0.396 e. The molecule has 1 aliphatic carbocycles. The topological polar surface area (TPSA) is 145 Å². The minimum atomic E-state index is -1.13. The summed E-state index contributed by atoms with van der Waals surface area (Å²) in [7, 11) is 0. The van der Waals surface area contributed by atoms with Gasteiger partial charge in [0.2, 0.25) is 0 Å². The van der Waals surface area contributed by atoms with Gasteiger partial charge in [0, 0.05) is 23.3 Å². The Hall–Kier alpha value is -2.88. The molecule has 160 valence electrons. The number of nitrogens with one attached hydrogen (secondary N) is 2. The van der Waals surface area contributed by atoms with Gasteiger partial charge in [0.1, 0.15) is 11.6 Å². The van der Waals surface area contributed by atoms with E-state index < -0.39 is 29.0 Å². The van der Waals surface area contributed by atoms with Crippen molar-refractivity contribution < 1.29 is 25.0 Å². The zero-order chi connectivity index (χ0) is 22.4. The molecule has 1 aliphatic rings. The summed E-state index contributed by atoms with van der Waals surface area (Å²) >= 11 is 0. The highest BCUT2D eigenvalue weighted by molar-refractivity contribution is 5.97. The monoisotopic (exact) mass is 413 g/mol. The van der Waals surface area contributed by atoms with Crippen LogP contribution in [-0.2, 0) is 4.79 Å². The van der Waals surface area contributed by atoms with Gasteiger partial charge >= 0.3 is 0 Å². The minimum absolute atomic E-state index is 0.0454. The first kappa shape index (κ1) is 23.4. The smallest absolute Gasteiger partial charge is 0.267 e. The largest absolute Gasteiger partial charge is 0.396 e. The molecule has 2 unspecified atom stereocenters. The van der Waals surface area contributed by atoms with Crippen LogP contribution in [-0.4, -0.2) is 51.0 Å². The molecule has 3 atom stereocenters. The number of carbonyl (C=O) groups excluding carboxylic acids is 2. The molecule has 8 nitrogen and oxygen atoms in total. The van der Waals surface area contributed by atoms with E-state index >= 15 is 0 Å². The second kappa shape index (κ2) is 9.75. The first-order valence-corrected chi connectivity index (χ1v) is 9.58.